The number of anilines is 1. The topological polar surface area (TPSA) is 71.1 Å². The molecule has 0 radical (unpaired) electrons. The Morgan fingerprint density at radius 2 is 2.29 bits per heavy atom. The molecule has 0 amide bonds. The summed E-state index contributed by atoms with van der Waals surface area (Å²) < 4.78 is 26.0. The molecule has 1 atom stereocenters. The third-order valence-electron chi connectivity index (χ3n) is 2.67. The fourth-order valence-electron chi connectivity index (χ4n) is 1.53. The molecule has 0 bridgehead atoms. The lowest BCUT2D eigenvalue weighted by Crippen LogP contribution is -2.19. The highest BCUT2D eigenvalue weighted by atomic mass is 32.2. The molecule has 1 aliphatic carbocycles. The Morgan fingerprint density at radius 3 is 2.88 bits per heavy atom. The fraction of sp³-hybridized carbons (Fsp3) is 0.700. The van der Waals surface area contributed by atoms with Crippen molar-refractivity contribution in [3.8, 4) is 0 Å². The van der Waals surface area contributed by atoms with E-state index in [2.05, 4.69) is 15.0 Å². The highest BCUT2D eigenvalue weighted by Crippen LogP contribution is 2.30. The first-order chi connectivity index (χ1) is 8.03. The van der Waals surface area contributed by atoms with Crippen LogP contribution in [0.5, 0.6) is 0 Å². The smallest absolute Gasteiger partial charge is 0.237 e. The van der Waals surface area contributed by atoms with E-state index in [1.807, 2.05) is 19.2 Å². The van der Waals surface area contributed by atoms with Crippen LogP contribution in [0.4, 0.5) is 5.13 Å². The van der Waals surface area contributed by atoms with Crippen molar-refractivity contribution in [1.29, 1.82) is 0 Å². The van der Waals surface area contributed by atoms with Crippen LogP contribution in [0.25, 0.3) is 0 Å². The van der Waals surface area contributed by atoms with Crippen LogP contribution in [-0.4, -0.2) is 25.2 Å². The average molecular weight is 275 g/mol. The third-order valence-corrected chi connectivity index (χ3v) is 5.40. The molecule has 17 heavy (non-hydrogen) atoms. The van der Waals surface area contributed by atoms with Crippen molar-refractivity contribution in [1.82, 2.24) is 10.3 Å². The Hall–Kier alpha value is -0.660. The second kappa shape index (κ2) is 4.91. The molecule has 0 spiro atoms. The number of nitrogens with one attached hydrogen (secondary N) is 2. The van der Waals surface area contributed by atoms with Gasteiger partial charge in [-0.05, 0) is 26.3 Å². The molecular weight excluding hydrogens is 258 g/mol. The van der Waals surface area contributed by atoms with Crippen molar-refractivity contribution in [2.45, 2.75) is 38.0 Å². The maximum Gasteiger partial charge on any atom is 0.237 e. The van der Waals surface area contributed by atoms with E-state index in [0.29, 0.717) is 5.13 Å². The van der Waals surface area contributed by atoms with Crippen LogP contribution in [0.15, 0.2) is 5.38 Å². The molecule has 1 aromatic rings. The summed E-state index contributed by atoms with van der Waals surface area (Å²) in [5.74, 6) is 0. The zero-order chi connectivity index (χ0) is 12.5. The maximum absolute atomic E-state index is 11.7. The minimum absolute atomic E-state index is 0.149. The Morgan fingerprint density at radius 1 is 1.59 bits per heavy atom. The van der Waals surface area contributed by atoms with Gasteiger partial charge in [-0.3, -0.25) is 4.72 Å². The molecule has 7 heteroatoms. The Kier molecular flexibility index (Phi) is 3.70. The Bertz CT molecular complexity index is 479. The van der Waals surface area contributed by atoms with Gasteiger partial charge < -0.3 is 5.32 Å². The fourth-order valence-corrected chi connectivity index (χ4v) is 3.93. The largest absolute Gasteiger partial charge is 0.309 e. The van der Waals surface area contributed by atoms with Crippen LogP contribution in [-0.2, 0) is 10.0 Å². The minimum Gasteiger partial charge on any atom is -0.309 e. The predicted molar refractivity (Wildman–Crippen MR) is 69.8 cm³/mol. The number of sulfonamides is 1. The standard InChI is InChI=1S/C10H17N3O2S2/c1-3-11-7(2)9-6-16-10(12-9)13-17(14,15)8-4-5-8/h6-8,11H,3-5H2,1-2H3,(H,12,13). The highest BCUT2D eigenvalue weighted by Gasteiger charge is 2.36. The van der Waals surface area contributed by atoms with E-state index in [4.69, 9.17) is 0 Å². The van der Waals surface area contributed by atoms with Gasteiger partial charge in [0.2, 0.25) is 10.0 Å². The minimum atomic E-state index is -3.19. The van der Waals surface area contributed by atoms with Crippen LogP contribution in [0.3, 0.4) is 0 Å². The Balaban J connectivity index is 2.03. The lowest BCUT2D eigenvalue weighted by Gasteiger charge is -2.08. The van der Waals surface area contributed by atoms with Gasteiger partial charge in [0.15, 0.2) is 5.13 Å². The molecule has 1 aliphatic rings. The molecule has 1 saturated carbocycles. The molecule has 2 N–H and O–H groups in total. The predicted octanol–water partition coefficient (Wildman–Crippen LogP) is 1.72. The van der Waals surface area contributed by atoms with E-state index in [9.17, 15) is 8.42 Å². The van der Waals surface area contributed by atoms with Crippen LogP contribution < -0.4 is 10.0 Å². The summed E-state index contributed by atoms with van der Waals surface area (Å²) in [4.78, 5) is 4.29. The molecule has 96 valence electrons. The highest BCUT2D eigenvalue weighted by molar-refractivity contribution is 7.93. The number of rotatable bonds is 6. The summed E-state index contributed by atoms with van der Waals surface area (Å²) in [7, 11) is -3.19. The lowest BCUT2D eigenvalue weighted by molar-refractivity contribution is 0.586. The second-order valence-electron chi connectivity index (χ2n) is 4.20. The van der Waals surface area contributed by atoms with Crippen molar-refractivity contribution >= 4 is 26.5 Å². The molecule has 1 unspecified atom stereocenters. The molecule has 1 heterocycles. The Labute approximate surface area is 106 Å². The van der Waals surface area contributed by atoms with Gasteiger partial charge >= 0.3 is 0 Å². The van der Waals surface area contributed by atoms with Gasteiger partial charge in [-0.1, -0.05) is 6.92 Å². The van der Waals surface area contributed by atoms with E-state index in [0.717, 1.165) is 25.1 Å². The lowest BCUT2D eigenvalue weighted by atomic mass is 10.3. The van der Waals surface area contributed by atoms with Crippen molar-refractivity contribution < 1.29 is 8.42 Å². The number of hydrogen-bond acceptors (Lipinski definition) is 5. The van der Waals surface area contributed by atoms with Crippen molar-refractivity contribution in [3.05, 3.63) is 11.1 Å². The van der Waals surface area contributed by atoms with E-state index in [1.165, 1.54) is 11.3 Å². The second-order valence-corrected chi connectivity index (χ2v) is 7.02. The number of nitrogens with zero attached hydrogens (tertiary/aromatic N) is 1. The third kappa shape index (κ3) is 3.17. The molecular formula is C10H17N3O2S2. The van der Waals surface area contributed by atoms with Crippen molar-refractivity contribution in [2.24, 2.45) is 0 Å². The molecule has 0 aliphatic heterocycles. The molecule has 0 saturated heterocycles. The summed E-state index contributed by atoms with van der Waals surface area (Å²) in [5.41, 5.74) is 0.880. The van der Waals surface area contributed by atoms with E-state index in [1.54, 1.807) is 0 Å². The van der Waals surface area contributed by atoms with E-state index < -0.39 is 10.0 Å². The summed E-state index contributed by atoms with van der Waals surface area (Å²) in [5, 5.41) is 5.39. The van der Waals surface area contributed by atoms with Gasteiger partial charge in [-0.2, -0.15) is 0 Å². The summed E-state index contributed by atoms with van der Waals surface area (Å²) in [6.45, 7) is 4.90. The summed E-state index contributed by atoms with van der Waals surface area (Å²) >= 11 is 1.33. The van der Waals surface area contributed by atoms with Gasteiger partial charge in [0.05, 0.1) is 10.9 Å². The number of aromatic nitrogens is 1. The first-order valence-corrected chi connectivity index (χ1v) is 8.16. The van der Waals surface area contributed by atoms with Gasteiger partial charge in [0.25, 0.3) is 0 Å². The van der Waals surface area contributed by atoms with Crippen LogP contribution in [0.2, 0.25) is 0 Å². The maximum atomic E-state index is 11.7. The molecule has 5 nitrogen and oxygen atoms in total. The zero-order valence-electron chi connectivity index (χ0n) is 9.93. The van der Waals surface area contributed by atoms with Crippen molar-refractivity contribution in [3.63, 3.8) is 0 Å². The molecule has 1 aromatic heterocycles. The summed E-state index contributed by atoms with van der Waals surface area (Å²) in [6.07, 6.45) is 1.53. The molecule has 0 aromatic carbocycles. The van der Waals surface area contributed by atoms with E-state index >= 15 is 0 Å². The van der Waals surface area contributed by atoms with Gasteiger partial charge in [0.1, 0.15) is 0 Å². The van der Waals surface area contributed by atoms with Crippen LogP contribution >= 0.6 is 11.3 Å². The van der Waals surface area contributed by atoms with E-state index in [-0.39, 0.29) is 11.3 Å². The van der Waals surface area contributed by atoms with Crippen LogP contribution in [0, 0.1) is 0 Å². The zero-order valence-corrected chi connectivity index (χ0v) is 11.6. The first kappa shape index (κ1) is 12.8. The normalized spacial score (nSPS) is 18.0. The SMILES string of the molecule is CCNC(C)c1csc(NS(=O)(=O)C2CC2)n1. The van der Waals surface area contributed by atoms with Gasteiger partial charge in [-0.15, -0.1) is 11.3 Å². The monoisotopic (exact) mass is 275 g/mol. The number of hydrogen-bond donors (Lipinski definition) is 2. The quantitative estimate of drug-likeness (QED) is 0.829. The van der Waals surface area contributed by atoms with Crippen LogP contribution in [0.1, 0.15) is 38.4 Å². The number of thiazole rings is 1. The van der Waals surface area contributed by atoms with Gasteiger partial charge in [0, 0.05) is 11.4 Å². The molecule has 1 fully saturated rings. The summed E-state index contributed by atoms with van der Waals surface area (Å²) in [6, 6.07) is 0.149. The van der Waals surface area contributed by atoms with Crippen molar-refractivity contribution in [2.75, 3.05) is 11.3 Å². The first-order valence-electron chi connectivity index (χ1n) is 5.73. The van der Waals surface area contributed by atoms with Gasteiger partial charge in [-0.25, -0.2) is 13.4 Å². The molecule has 2 rings (SSSR count). The average Bonchev–Trinajstić information content (AvgIpc) is 3.01.